The maximum Gasteiger partial charge on any atom is 0.0546 e. The lowest BCUT2D eigenvalue weighted by atomic mass is 9.94. The number of rotatable bonds is 4. The van der Waals surface area contributed by atoms with Crippen LogP contribution in [0, 0.1) is 0 Å². The quantitative estimate of drug-likeness (QED) is 0.190. The molecule has 0 fully saturated rings. The molecular formula is C44H29N. The second-order valence-corrected chi connectivity index (χ2v) is 11.8. The molecule has 0 saturated heterocycles. The SMILES string of the molecule is c1ccc(-c2cccc(N(c3ccc4c(ccc5ccccc54)c3)c3cc4ccc5ccccc5c4c4ccccc34)c2)cc1. The van der Waals surface area contributed by atoms with Gasteiger partial charge in [-0.3, -0.25) is 0 Å². The summed E-state index contributed by atoms with van der Waals surface area (Å²) >= 11 is 0. The smallest absolute Gasteiger partial charge is 0.0546 e. The molecule has 0 atom stereocenters. The normalized spacial score (nSPS) is 11.6. The molecule has 45 heavy (non-hydrogen) atoms. The molecule has 0 N–H and O–H groups in total. The molecule has 1 nitrogen and oxygen atoms in total. The largest absolute Gasteiger partial charge is 0.310 e. The first-order chi connectivity index (χ1) is 22.3. The lowest BCUT2D eigenvalue weighted by Crippen LogP contribution is -2.11. The molecule has 9 rings (SSSR count). The zero-order valence-corrected chi connectivity index (χ0v) is 24.7. The van der Waals surface area contributed by atoms with Crippen LogP contribution in [-0.2, 0) is 0 Å². The average molecular weight is 572 g/mol. The maximum atomic E-state index is 2.44. The summed E-state index contributed by atoms with van der Waals surface area (Å²) in [5.74, 6) is 0. The second-order valence-electron chi connectivity index (χ2n) is 11.8. The van der Waals surface area contributed by atoms with Crippen molar-refractivity contribution >= 4 is 70.9 Å². The lowest BCUT2D eigenvalue weighted by molar-refractivity contribution is 1.31. The third kappa shape index (κ3) is 4.24. The van der Waals surface area contributed by atoms with Gasteiger partial charge in [0.2, 0.25) is 0 Å². The molecule has 0 saturated carbocycles. The molecule has 0 heterocycles. The Balaban J connectivity index is 1.35. The molecule has 9 aromatic rings. The van der Waals surface area contributed by atoms with E-state index in [0.29, 0.717) is 0 Å². The van der Waals surface area contributed by atoms with Crippen LogP contribution in [0.3, 0.4) is 0 Å². The highest BCUT2D eigenvalue weighted by molar-refractivity contribution is 6.23. The first kappa shape index (κ1) is 25.6. The van der Waals surface area contributed by atoms with Crippen molar-refractivity contribution in [3.8, 4) is 11.1 Å². The van der Waals surface area contributed by atoms with Crippen LogP contribution < -0.4 is 4.90 Å². The molecule has 0 aliphatic heterocycles. The van der Waals surface area contributed by atoms with Crippen LogP contribution in [0.1, 0.15) is 0 Å². The fraction of sp³-hybridized carbons (Fsp3) is 0. The van der Waals surface area contributed by atoms with Gasteiger partial charge >= 0.3 is 0 Å². The van der Waals surface area contributed by atoms with Gasteiger partial charge in [-0.15, -0.1) is 0 Å². The van der Waals surface area contributed by atoms with Crippen LogP contribution >= 0.6 is 0 Å². The monoisotopic (exact) mass is 571 g/mol. The van der Waals surface area contributed by atoms with Gasteiger partial charge in [-0.05, 0) is 89.9 Å². The van der Waals surface area contributed by atoms with Crippen molar-refractivity contribution in [2.45, 2.75) is 0 Å². The van der Waals surface area contributed by atoms with E-state index in [0.717, 1.165) is 11.4 Å². The number of anilines is 3. The Bertz CT molecular complexity index is 2550. The predicted molar refractivity (Wildman–Crippen MR) is 194 cm³/mol. The highest BCUT2D eigenvalue weighted by Crippen LogP contribution is 2.45. The van der Waals surface area contributed by atoms with Crippen molar-refractivity contribution in [2.24, 2.45) is 0 Å². The van der Waals surface area contributed by atoms with E-state index in [-0.39, 0.29) is 0 Å². The zero-order valence-electron chi connectivity index (χ0n) is 24.7. The third-order valence-electron chi connectivity index (χ3n) is 9.16. The first-order valence-electron chi connectivity index (χ1n) is 15.5. The number of hydrogen-bond acceptors (Lipinski definition) is 1. The number of hydrogen-bond donors (Lipinski definition) is 0. The van der Waals surface area contributed by atoms with Crippen molar-refractivity contribution in [1.29, 1.82) is 0 Å². The van der Waals surface area contributed by atoms with E-state index in [1.165, 1.54) is 70.7 Å². The van der Waals surface area contributed by atoms with E-state index in [4.69, 9.17) is 0 Å². The molecule has 1 heteroatoms. The van der Waals surface area contributed by atoms with E-state index in [9.17, 15) is 0 Å². The Kier molecular flexibility index (Phi) is 5.89. The van der Waals surface area contributed by atoms with Crippen molar-refractivity contribution in [1.82, 2.24) is 0 Å². The third-order valence-corrected chi connectivity index (χ3v) is 9.16. The van der Waals surface area contributed by atoms with Crippen LogP contribution in [0.5, 0.6) is 0 Å². The molecule has 0 amide bonds. The summed E-state index contributed by atoms with van der Waals surface area (Å²) in [5, 5.41) is 12.6. The van der Waals surface area contributed by atoms with Gasteiger partial charge in [-0.2, -0.15) is 0 Å². The number of benzene rings is 9. The lowest BCUT2D eigenvalue weighted by Gasteiger charge is -2.28. The van der Waals surface area contributed by atoms with Crippen LogP contribution in [0.4, 0.5) is 17.1 Å². The van der Waals surface area contributed by atoms with E-state index in [1.54, 1.807) is 0 Å². The predicted octanol–water partition coefficient (Wildman–Crippen LogP) is 12.6. The Morgan fingerprint density at radius 3 is 1.69 bits per heavy atom. The van der Waals surface area contributed by atoms with E-state index < -0.39 is 0 Å². The van der Waals surface area contributed by atoms with Crippen LogP contribution in [0.25, 0.3) is 65.0 Å². The van der Waals surface area contributed by atoms with E-state index in [2.05, 4.69) is 181 Å². The van der Waals surface area contributed by atoms with Gasteiger partial charge in [0, 0.05) is 16.8 Å². The van der Waals surface area contributed by atoms with Crippen LogP contribution in [0.15, 0.2) is 176 Å². The van der Waals surface area contributed by atoms with Crippen molar-refractivity contribution in [3.63, 3.8) is 0 Å². The Morgan fingerprint density at radius 2 is 0.867 bits per heavy atom. The van der Waals surface area contributed by atoms with E-state index in [1.807, 2.05) is 0 Å². The minimum atomic E-state index is 1.13. The summed E-state index contributed by atoms with van der Waals surface area (Å²) in [5.41, 5.74) is 5.83. The van der Waals surface area contributed by atoms with Gasteiger partial charge in [0.05, 0.1) is 5.69 Å². The van der Waals surface area contributed by atoms with Crippen molar-refractivity contribution < 1.29 is 0 Å². The number of nitrogens with zero attached hydrogens (tertiary/aromatic N) is 1. The standard InChI is InChI=1S/C44H29N/c1-2-11-30(12-3-1)33-15-10-16-36(27-33)45(37-25-26-39-34(28-37)23-21-31-13-4-6-17-38(31)39)43-29-35-24-22-32-14-5-7-18-40(32)44(35)42-20-9-8-19-41(42)43/h1-29H. The molecule has 210 valence electrons. The van der Waals surface area contributed by atoms with E-state index >= 15 is 0 Å². The van der Waals surface area contributed by atoms with Gasteiger partial charge in [-0.25, -0.2) is 0 Å². The molecule has 0 aliphatic rings. The van der Waals surface area contributed by atoms with Crippen LogP contribution in [-0.4, -0.2) is 0 Å². The van der Waals surface area contributed by atoms with Gasteiger partial charge < -0.3 is 4.90 Å². The summed E-state index contributed by atoms with van der Waals surface area (Å²) in [7, 11) is 0. The van der Waals surface area contributed by atoms with Gasteiger partial charge in [0.25, 0.3) is 0 Å². The van der Waals surface area contributed by atoms with Crippen molar-refractivity contribution in [2.75, 3.05) is 4.90 Å². The summed E-state index contributed by atoms with van der Waals surface area (Å²) in [6.45, 7) is 0. The highest BCUT2D eigenvalue weighted by atomic mass is 15.1. The Labute approximate surface area is 262 Å². The van der Waals surface area contributed by atoms with Gasteiger partial charge in [-0.1, -0.05) is 146 Å². The Morgan fingerprint density at radius 1 is 0.289 bits per heavy atom. The first-order valence-corrected chi connectivity index (χ1v) is 15.5. The average Bonchev–Trinajstić information content (AvgIpc) is 3.12. The fourth-order valence-electron chi connectivity index (χ4n) is 7.07. The minimum Gasteiger partial charge on any atom is -0.310 e. The molecule has 0 radical (unpaired) electrons. The molecular weight excluding hydrogens is 542 g/mol. The van der Waals surface area contributed by atoms with Gasteiger partial charge in [0.1, 0.15) is 0 Å². The highest BCUT2D eigenvalue weighted by Gasteiger charge is 2.19. The fourth-order valence-corrected chi connectivity index (χ4v) is 7.07. The maximum absolute atomic E-state index is 2.44. The molecule has 0 aromatic heterocycles. The molecule has 0 spiro atoms. The number of fused-ring (bicyclic) bond motifs is 8. The molecule has 9 aromatic carbocycles. The van der Waals surface area contributed by atoms with Gasteiger partial charge in [0.15, 0.2) is 0 Å². The molecule has 0 aliphatic carbocycles. The summed E-state index contributed by atoms with van der Waals surface area (Å²) in [4.78, 5) is 2.44. The minimum absolute atomic E-state index is 1.13. The Hall–Kier alpha value is -5.92. The summed E-state index contributed by atoms with van der Waals surface area (Å²) < 4.78 is 0. The van der Waals surface area contributed by atoms with Crippen molar-refractivity contribution in [3.05, 3.63) is 176 Å². The second kappa shape index (κ2) is 10.4. The topological polar surface area (TPSA) is 3.24 Å². The molecule has 0 unspecified atom stereocenters. The molecule has 0 bridgehead atoms. The zero-order chi connectivity index (χ0) is 29.7. The summed E-state index contributed by atoms with van der Waals surface area (Å²) in [6, 6.07) is 64.1. The van der Waals surface area contributed by atoms with Crippen LogP contribution in [0.2, 0.25) is 0 Å². The summed E-state index contributed by atoms with van der Waals surface area (Å²) in [6.07, 6.45) is 0.